The summed E-state index contributed by atoms with van der Waals surface area (Å²) >= 11 is 1.42. The molecule has 37 heavy (non-hydrogen) atoms. The lowest BCUT2D eigenvalue weighted by molar-refractivity contribution is -0.170. The van der Waals surface area contributed by atoms with Gasteiger partial charge >= 0.3 is 11.9 Å². The highest BCUT2D eigenvalue weighted by Crippen LogP contribution is 2.43. The average Bonchev–Trinajstić information content (AvgIpc) is 3.25. The summed E-state index contributed by atoms with van der Waals surface area (Å²) in [7, 11) is 0. The zero-order valence-corrected chi connectivity index (χ0v) is 21.3. The van der Waals surface area contributed by atoms with Crippen LogP contribution in [0, 0.1) is 0 Å². The first-order valence-corrected chi connectivity index (χ1v) is 13.0. The minimum Gasteiger partial charge on any atom is -0.459 e. The zero-order valence-electron chi connectivity index (χ0n) is 20.5. The summed E-state index contributed by atoms with van der Waals surface area (Å²) in [6.07, 6.45) is -2.64. The summed E-state index contributed by atoms with van der Waals surface area (Å²) in [6, 6.07) is 27.3. The standard InChI is InChI=1S/C29H28O7S/c1-29(2)35-23-22(18-32-26(30)19-12-6-3-7-13-19)33-28(37-21-16-10-5-11-17-21)25(24(23)36-29)34-27(31)20-14-8-4-9-15-20/h3-17,22-25,28H,18H2,1-2H3/t22-,23+,24+,25-,28+/m1/s1. The highest BCUT2D eigenvalue weighted by Gasteiger charge is 2.57. The number of carbonyl (C=O) groups is 2. The highest BCUT2D eigenvalue weighted by atomic mass is 32.2. The number of hydrogen-bond donors (Lipinski definition) is 0. The van der Waals surface area contributed by atoms with Gasteiger partial charge in [0.25, 0.3) is 0 Å². The Kier molecular flexibility index (Phi) is 7.62. The molecule has 0 amide bonds. The smallest absolute Gasteiger partial charge is 0.338 e. The Labute approximate surface area is 220 Å². The average molecular weight is 521 g/mol. The number of rotatable bonds is 7. The third-order valence-electron chi connectivity index (χ3n) is 6.07. The van der Waals surface area contributed by atoms with Crippen molar-refractivity contribution in [2.24, 2.45) is 0 Å². The molecule has 0 saturated carbocycles. The van der Waals surface area contributed by atoms with Gasteiger partial charge in [-0.1, -0.05) is 66.4 Å². The molecule has 0 aromatic heterocycles. The fourth-order valence-electron chi connectivity index (χ4n) is 4.41. The molecule has 8 heteroatoms. The second-order valence-electron chi connectivity index (χ2n) is 9.24. The molecule has 3 aromatic rings. The third kappa shape index (κ3) is 6.05. The van der Waals surface area contributed by atoms with Gasteiger partial charge in [0.2, 0.25) is 0 Å². The molecule has 0 bridgehead atoms. The molecular weight excluding hydrogens is 492 g/mol. The van der Waals surface area contributed by atoms with Crippen LogP contribution in [0.25, 0.3) is 0 Å². The molecule has 0 unspecified atom stereocenters. The largest absolute Gasteiger partial charge is 0.459 e. The van der Waals surface area contributed by atoms with Crippen LogP contribution >= 0.6 is 11.8 Å². The fraction of sp³-hybridized carbons (Fsp3) is 0.310. The van der Waals surface area contributed by atoms with Gasteiger partial charge in [0.1, 0.15) is 30.4 Å². The summed E-state index contributed by atoms with van der Waals surface area (Å²) in [4.78, 5) is 26.6. The lowest BCUT2D eigenvalue weighted by Crippen LogP contribution is -2.57. The molecule has 2 heterocycles. The first-order valence-electron chi connectivity index (χ1n) is 12.1. The predicted molar refractivity (Wildman–Crippen MR) is 137 cm³/mol. The number of thioether (sulfide) groups is 1. The van der Waals surface area contributed by atoms with Crippen LogP contribution in [0.4, 0.5) is 0 Å². The lowest BCUT2D eigenvalue weighted by atomic mass is 10.00. The Balaban J connectivity index is 1.40. The van der Waals surface area contributed by atoms with Crippen molar-refractivity contribution in [1.82, 2.24) is 0 Å². The number of benzene rings is 3. The van der Waals surface area contributed by atoms with Gasteiger partial charge in [0.15, 0.2) is 11.9 Å². The van der Waals surface area contributed by atoms with Crippen LogP contribution in [-0.4, -0.2) is 54.2 Å². The number of fused-ring (bicyclic) bond motifs is 1. The SMILES string of the molecule is CC1(C)O[C@H]2[C@@H](O1)[C@@H](COC(=O)c1ccccc1)O[C@@H](Sc1ccccc1)[C@@H]2OC(=O)c1ccccc1. The van der Waals surface area contributed by atoms with E-state index in [0.717, 1.165) is 4.90 Å². The van der Waals surface area contributed by atoms with Crippen molar-refractivity contribution in [2.75, 3.05) is 6.61 Å². The number of ether oxygens (including phenoxy) is 5. The second kappa shape index (κ2) is 11.1. The Hall–Kier alpha value is -3.17. The molecule has 2 fully saturated rings. The predicted octanol–water partition coefficient (Wildman–Crippen LogP) is 5.11. The molecule has 0 spiro atoms. The molecule has 192 valence electrons. The van der Waals surface area contributed by atoms with Crippen LogP contribution in [-0.2, 0) is 23.7 Å². The van der Waals surface area contributed by atoms with Gasteiger partial charge in [-0.05, 0) is 50.2 Å². The van der Waals surface area contributed by atoms with E-state index in [1.807, 2.05) is 42.5 Å². The summed E-state index contributed by atoms with van der Waals surface area (Å²) in [5.74, 6) is -1.87. The summed E-state index contributed by atoms with van der Waals surface area (Å²) < 4.78 is 30.5. The quantitative estimate of drug-likeness (QED) is 0.398. The van der Waals surface area contributed by atoms with E-state index >= 15 is 0 Å². The van der Waals surface area contributed by atoms with E-state index in [1.165, 1.54) is 11.8 Å². The molecule has 0 N–H and O–H groups in total. The molecule has 5 atom stereocenters. The topological polar surface area (TPSA) is 80.3 Å². The van der Waals surface area contributed by atoms with Crippen LogP contribution in [0.2, 0.25) is 0 Å². The molecule has 7 nitrogen and oxygen atoms in total. The minimum atomic E-state index is -0.940. The summed E-state index contributed by atoms with van der Waals surface area (Å²) in [5, 5.41) is 0. The summed E-state index contributed by atoms with van der Waals surface area (Å²) in [5.41, 5.74) is 0.248. The van der Waals surface area contributed by atoms with E-state index in [2.05, 4.69) is 0 Å². The second-order valence-corrected chi connectivity index (χ2v) is 10.4. The fourth-order valence-corrected chi connectivity index (χ4v) is 5.53. The van der Waals surface area contributed by atoms with Crippen LogP contribution in [0.5, 0.6) is 0 Å². The van der Waals surface area contributed by atoms with Crippen molar-refractivity contribution >= 4 is 23.7 Å². The first kappa shape index (κ1) is 25.5. The number of hydrogen-bond acceptors (Lipinski definition) is 8. The van der Waals surface area contributed by atoms with E-state index in [-0.39, 0.29) is 6.61 Å². The van der Waals surface area contributed by atoms with Gasteiger partial charge in [-0.3, -0.25) is 0 Å². The molecule has 5 rings (SSSR count). The Bertz CT molecular complexity index is 1200. The van der Waals surface area contributed by atoms with Gasteiger partial charge in [-0.15, -0.1) is 0 Å². The van der Waals surface area contributed by atoms with Gasteiger partial charge in [-0.25, -0.2) is 9.59 Å². The molecule has 0 radical (unpaired) electrons. The van der Waals surface area contributed by atoms with E-state index in [0.29, 0.717) is 11.1 Å². The van der Waals surface area contributed by atoms with Crippen LogP contribution in [0.3, 0.4) is 0 Å². The van der Waals surface area contributed by atoms with Crippen LogP contribution < -0.4 is 0 Å². The molecule has 2 saturated heterocycles. The van der Waals surface area contributed by atoms with Gasteiger partial charge in [0.05, 0.1) is 11.1 Å². The van der Waals surface area contributed by atoms with E-state index in [4.69, 9.17) is 23.7 Å². The van der Waals surface area contributed by atoms with Crippen molar-refractivity contribution in [3.05, 3.63) is 102 Å². The van der Waals surface area contributed by atoms with E-state index in [9.17, 15) is 9.59 Å². The molecule has 2 aliphatic heterocycles. The molecule has 0 aliphatic carbocycles. The molecule has 3 aromatic carbocycles. The van der Waals surface area contributed by atoms with Crippen molar-refractivity contribution in [1.29, 1.82) is 0 Å². The number of carbonyl (C=O) groups excluding carboxylic acids is 2. The minimum absolute atomic E-state index is 0.0421. The van der Waals surface area contributed by atoms with Crippen molar-refractivity contribution in [3.8, 4) is 0 Å². The highest BCUT2D eigenvalue weighted by molar-refractivity contribution is 7.99. The first-order chi connectivity index (χ1) is 17.9. The maximum Gasteiger partial charge on any atom is 0.338 e. The van der Waals surface area contributed by atoms with E-state index < -0.39 is 47.6 Å². The summed E-state index contributed by atoms with van der Waals surface area (Å²) in [6.45, 7) is 3.56. The van der Waals surface area contributed by atoms with Crippen LogP contribution in [0.15, 0.2) is 95.9 Å². The Morgan fingerprint density at radius 1 is 0.784 bits per heavy atom. The zero-order chi connectivity index (χ0) is 25.8. The van der Waals surface area contributed by atoms with Crippen molar-refractivity contribution in [3.63, 3.8) is 0 Å². The normalized spacial score (nSPS) is 26.2. The third-order valence-corrected chi connectivity index (χ3v) is 7.22. The Morgan fingerprint density at radius 2 is 1.32 bits per heavy atom. The van der Waals surface area contributed by atoms with Crippen LogP contribution in [0.1, 0.15) is 34.6 Å². The van der Waals surface area contributed by atoms with Crippen molar-refractivity contribution in [2.45, 2.75) is 54.4 Å². The monoisotopic (exact) mass is 520 g/mol. The number of esters is 2. The Morgan fingerprint density at radius 3 is 1.95 bits per heavy atom. The maximum absolute atomic E-state index is 13.1. The van der Waals surface area contributed by atoms with Gasteiger partial charge in [-0.2, -0.15) is 0 Å². The maximum atomic E-state index is 13.1. The van der Waals surface area contributed by atoms with Gasteiger partial charge in [0, 0.05) is 4.90 Å². The lowest BCUT2D eigenvalue weighted by Gasteiger charge is -2.41. The molecular formula is C29H28O7S. The van der Waals surface area contributed by atoms with Gasteiger partial charge < -0.3 is 23.7 Å². The molecule has 2 aliphatic rings. The van der Waals surface area contributed by atoms with Crippen molar-refractivity contribution < 1.29 is 33.3 Å². The van der Waals surface area contributed by atoms with E-state index in [1.54, 1.807) is 62.4 Å².